The molecule has 1 aromatic heterocycles. The molecule has 2 amide bonds. The van der Waals surface area contributed by atoms with Crippen LogP contribution in [0.25, 0.3) is 0 Å². The Morgan fingerprint density at radius 3 is 2.45 bits per heavy atom. The summed E-state index contributed by atoms with van der Waals surface area (Å²) in [6.07, 6.45) is -1.30. The van der Waals surface area contributed by atoms with Crippen LogP contribution >= 0.6 is 0 Å². The topological polar surface area (TPSA) is 126 Å². The van der Waals surface area contributed by atoms with Gasteiger partial charge in [0.2, 0.25) is 0 Å². The van der Waals surface area contributed by atoms with Crippen molar-refractivity contribution in [2.75, 3.05) is 13.7 Å². The van der Waals surface area contributed by atoms with Crippen LogP contribution < -0.4 is 5.82 Å². The van der Waals surface area contributed by atoms with Gasteiger partial charge < -0.3 is 18.7 Å². The number of ether oxygens (including phenoxy) is 1. The van der Waals surface area contributed by atoms with Gasteiger partial charge >= 0.3 is 11.9 Å². The van der Waals surface area contributed by atoms with Crippen molar-refractivity contribution in [1.82, 2.24) is 9.91 Å². The van der Waals surface area contributed by atoms with E-state index >= 15 is 0 Å². The normalized spacial score (nSPS) is 18.9. The zero-order chi connectivity index (χ0) is 23.0. The van der Waals surface area contributed by atoms with Gasteiger partial charge in [-0.25, -0.2) is 14.6 Å². The summed E-state index contributed by atoms with van der Waals surface area (Å²) in [6.45, 7) is 6.24. The molecular weight excluding hydrogens is 406 g/mol. The minimum absolute atomic E-state index is 0.0811. The van der Waals surface area contributed by atoms with Gasteiger partial charge in [0.1, 0.15) is 18.1 Å². The molecule has 10 nitrogen and oxygen atoms in total. The van der Waals surface area contributed by atoms with E-state index in [9.17, 15) is 19.5 Å². The zero-order valence-electron chi connectivity index (χ0n) is 18.0. The molecule has 1 aromatic carbocycles. The van der Waals surface area contributed by atoms with Crippen LogP contribution in [-0.2, 0) is 16.1 Å². The number of carboxylic acid groups (broad SMARTS) is 1. The molecule has 1 atom stereocenters. The Bertz CT molecular complexity index is 1070. The fourth-order valence-electron chi connectivity index (χ4n) is 3.87. The van der Waals surface area contributed by atoms with Crippen molar-refractivity contribution in [2.45, 2.75) is 45.4 Å². The van der Waals surface area contributed by atoms with Gasteiger partial charge in [-0.3, -0.25) is 9.69 Å². The summed E-state index contributed by atoms with van der Waals surface area (Å²) in [6, 6.07) is 8.96. The van der Waals surface area contributed by atoms with Crippen LogP contribution in [0.5, 0.6) is 0 Å². The second-order valence-corrected chi connectivity index (χ2v) is 8.07. The number of hydrogen-bond donors (Lipinski definition) is 1. The lowest BCUT2D eigenvalue weighted by Crippen LogP contribution is -2.67. The van der Waals surface area contributed by atoms with Crippen LogP contribution in [0.15, 0.2) is 49.1 Å². The molecule has 1 aliphatic heterocycles. The molecule has 166 valence electrons. The van der Waals surface area contributed by atoms with Gasteiger partial charge in [0.25, 0.3) is 5.91 Å². The SMILES string of the molecule is Cc1oc(=O)oc1COCC(C)(C)N(C(=O)O)C1(C)C(=O)N(C)N=C1c1ccccc1. The molecule has 0 saturated carbocycles. The third-order valence-electron chi connectivity index (χ3n) is 5.24. The first-order valence-corrected chi connectivity index (χ1v) is 9.61. The van der Waals surface area contributed by atoms with Gasteiger partial charge in [0.05, 0.1) is 12.1 Å². The standard InChI is InChI=1S/C21H25N3O7/c1-13-15(31-19(28)30-13)11-29-12-20(2,3)24(18(26)27)21(4)16(22-23(5)17(21)25)14-9-7-6-8-10-14/h6-10H,11-12H2,1-5H3,(H,26,27). The van der Waals surface area contributed by atoms with E-state index in [1.807, 2.05) is 6.07 Å². The predicted molar refractivity (Wildman–Crippen MR) is 110 cm³/mol. The molecule has 31 heavy (non-hydrogen) atoms. The monoisotopic (exact) mass is 431 g/mol. The first-order chi connectivity index (χ1) is 14.5. The average molecular weight is 431 g/mol. The number of aryl methyl sites for hydroxylation is 1. The van der Waals surface area contributed by atoms with Crippen LogP contribution in [0.1, 0.15) is 37.9 Å². The Labute approximate surface area is 178 Å². The Hall–Kier alpha value is -3.40. The van der Waals surface area contributed by atoms with Crippen molar-refractivity contribution in [1.29, 1.82) is 0 Å². The van der Waals surface area contributed by atoms with Crippen molar-refractivity contribution in [3.05, 3.63) is 58.0 Å². The lowest BCUT2D eigenvalue weighted by molar-refractivity contribution is -0.138. The minimum Gasteiger partial charge on any atom is -0.465 e. The van der Waals surface area contributed by atoms with Crippen molar-refractivity contribution in [3.63, 3.8) is 0 Å². The van der Waals surface area contributed by atoms with E-state index in [4.69, 9.17) is 13.6 Å². The van der Waals surface area contributed by atoms with Crippen molar-refractivity contribution < 1.29 is 28.3 Å². The number of hydrazone groups is 1. The van der Waals surface area contributed by atoms with Gasteiger partial charge in [-0.1, -0.05) is 30.3 Å². The number of amides is 2. The molecule has 10 heteroatoms. The first-order valence-electron chi connectivity index (χ1n) is 9.61. The third-order valence-corrected chi connectivity index (χ3v) is 5.24. The first kappa shape index (κ1) is 22.3. The summed E-state index contributed by atoms with van der Waals surface area (Å²) >= 11 is 0. The number of benzene rings is 1. The second kappa shape index (κ2) is 8.03. The van der Waals surface area contributed by atoms with Gasteiger partial charge in [-0.05, 0) is 27.7 Å². The van der Waals surface area contributed by atoms with E-state index in [2.05, 4.69) is 5.10 Å². The smallest absolute Gasteiger partial charge is 0.465 e. The third kappa shape index (κ3) is 3.98. The lowest BCUT2D eigenvalue weighted by atomic mass is 9.84. The molecule has 0 bridgehead atoms. The molecule has 3 rings (SSSR count). The molecule has 0 aliphatic carbocycles. The van der Waals surface area contributed by atoms with E-state index < -0.39 is 28.9 Å². The zero-order valence-corrected chi connectivity index (χ0v) is 18.0. The number of carbonyl (C=O) groups is 2. The maximum absolute atomic E-state index is 13.1. The van der Waals surface area contributed by atoms with Crippen molar-refractivity contribution >= 4 is 17.7 Å². The maximum Gasteiger partial charge on any atom is 0.519 e. The molecule has 2 aromatic rings. The second-order valence-electron chi connectivity index (χ2n) is 8.07. The highest BCUT2D eigenvalue weighted by molar-refractivity contribution is 6.24. The van der Waals surface area contributed by atoms with Crippen LogP contribution in [0, 0.1) is 6.92 Å². The quantitative estimate of drug-likeness (QED) is 0.713. The molecule has 0 saturated heterocycles. The van der Waals surface area contributed by atoms with E-state index in [0.717, 1.165) is 9.91 Å². The fraction of sp³-hybridized carbons (Fsp3) is 0.429. The number of nitrogens with zero attached hydrogens (tertiary/aromatic N) is 3. The summed E-state index contributed by atoms with van der Waals surface area (Å²) in [5, 5.41) is 15.6. The fourth-order valence-corrected chi connectivity index (χ4v) is 3.87. The number of likely N-dealkylation sites (N-methyl/N-ethyl adjacent to an activating group) is 1. The molecular formula is C21H25N3O7. The summed E-state index contributed by atoms with van der Waals surface area (Å²) in [5.74, 6) is -0.801. The highest BCUT2D eigenvalue weighted by Crippen LogP contribution is 2.35. The molecule has 0 fully saturated rings. The van der Waals surface area contributed by atoms with E-state index in [0.29, 0.717) is 11.3 Å². The average Bonchev–Trinajstić information content (AvgIpc) is 3.12. The van der Waals surface area contributed by atoms with Gasteiger partial charge in [-0.2, -0.15) is 5.10 Å². The molecule has 0 spiro atoms. The highest BCUT2D eigenvalue weighted by atomic mass is 16.6. The Balaban J connectivity index is 1.92. The summed E-state index contributed by atoms with van der Waals surface area (Å²) in [4.78, 5) is 37.8. The summed E-state index contributed by atoms with van der Waals surface area (Å²) < 4.78 is 15.4. The van der Waals surface area contributed by atoms with E-state index in [1.165, 1.54) is 7.05 Å². The van der Waals surface area contributed by atoms with Crippen molar-refractivity contribution in [3.8, 4) is 0 Å². The summed E-state index contributed by atoms with van der Waals surface area (Å²) in [7, 11) is 1.49. The molecule has 1 aliphatic rings. The number of hydrogen-bond acceptors (Lipinski definition) is 7. The van der Waals surface area contributed by atoms with E-state index in [-0.39, 0.29) is 24.7 Å². The van der Waals surface area contributed by atoms with Crippen LogP contribution in [0.2, 0.25) is 0 Å². The van der Waals surface area contributed by atoms with Gasteiger partial charge in [0.15, 0.2) is 11.3 Å². The van der Waals surface area contributed by atoms with Crippen LogP contribution in [-0.4, -0.2) is 57.5 Å². The van der Waals surface area contributed by atoms with E-state index in [1.54, 1.807) is 52.0 Å². The minimum atomic E-state index is -1.58. The Kier molecular flexibility index (Phi) is 5.77. The molecule has 2 heterocycles. The number of rotatable bonds is 7. The molecule has 0 radical (unpaired) electrons. The van der Waals surface area contributed by atoms with Crippen LogP contribution in [0.4, 0.5) is 4.79 Å². The Morgan fingerprint density at radius 2 is 1.90 bits per heavy atom. The van der Waals surface area contributed by atoms with Crippen LogP contribution in [0.3, 0.4) is 0 Å². The van der Waals surface area contributed by atoms with Crippen molar-refractivity contribution in [2.24, 2.45) is 5.10 Å². The van der Waals surface area contributed by atoms with Gasteiger partial charge in [0, 0.05) is 12.6 Å². The number of carbonyl (C=O) groups excluding carboxylic acids is 1. The molecule has 1 unspecified atom stereocenters. The summed E-state index contributed by atoms with van der Waals surface area (Å²) in [5.41, 5.74) is -1.75. The van der Waals surface area contributed by atoms with Gasteiger partial charge in [-0.15, -0.1) is 0 Å². The Morgan fingerprint density at radius 1 is 1.26 bits per heavy atom. The molecule has 1 N–H and O–H groups in total. The highest BCUT2D eigenvalue weighted by Gasteiger charge is 2.57. The predicted octanol–water partition coefficient (Wildman–Crippen LogP) is 2.45. The lowest BCUT2D eigenvalue weighted by Gasteiger charge is -2.45. The largest absolute Gasteiger partial charge is 0.519 e. The maximum atomic E-state index is 13.1.